The van der Waals surface area contributed by atoms with Crippen molar-refractivity contribution in [2.75, 3.05) is 20.2 Å². The lowest BCUT2D eigenvalue weighted by Gasteiger charge is -2.26. The Morgan fingerprint density at radius 3 is 2.71 bits per heavy atom. The number of amides is 1. The molecule has 2 aromatic rings. The largest absolute Gasteiger partial charge is 0.496 e. The van der Waals surface area contributed by atoms with Gasteiger partial charge in [0.15, 0.2) is 0 Å². The van der Waals surface area contributed by atoms with Crippen LogP contribution < -0.4 is 4.74 Å². The summed E-state index contributed by atoms with van der Waals surface area (Å²) in [6, 6.07) is 7.76. The zero-order valence-corrected chi connectivity index (χ0v) is 12.0. The molecule has 1 saturated heterocycles. The minimum Gasteiger partial charge on any atom is -0.496 e. The van der Waals surface area contributed by atoms with E-state index in [4.69, 9.17) is 4.74 Å². The smallest absolute Gasteiger partial charge is 0.242 e. The Morgan fingerprint density at radius 1 is 1.24 bits per heavy atom. The SMILES string of the molecule is COc1cccc2c1ccn2CC(=O)N1CCC(=O)CC1. The van der Waals surface area contributed by atoms with Crippen LogP contribution in [0.15, 0.2) is 30.5 Å². The van der Waals surface area contributed by atoms with Crippen molar-refractivity contribution in [1.29, 1.82) is 0 Å². The first-order valence-electron chi connectivity index (χ1n) is 7.10. The Bertz CT molecular complexity index is 680. The molecule has 1 aliphatic heterocycles. The number of methoxy groups -OCH3 is 1. The van der Waals surface area contributed by atoms with E-state index in [0.29, 0.717) is 32.5 Å². The third kappa shape index (κ3) is 2.63. The van der Waals surface area contributed by atoms with Crippen LogP contribution in [0.5, 0.6) is 5.75 Å². The molecule has 0 radical (unpaired) electrons. The van der Waals surface area contributed by atoms with Crippen LogP contribution in [0.3, 0.4) is 0 Å². The highest BCUT2D eigenvalue weighted by Gasteiger charge is 2.21. The van der Waals surface area contributed by atoms with E-state index in [1.165, 1.54) is 0 Å². The summed E-state index contributed by atoms with van der Waals surface area (Å²) in [5.74, 6) is 1.11. The molecule has 110 valence electrons. The predicted molar refractivity (Wildman–Crippen MR) is 79.3 cm³/mol. The third-order valence-corrected chi connectivity index (χ3v) is 3.97. The van der Waals surface area contributed by atoms with Gasteiger partial charge in [0.1, 0.15) is 18.1 Å². The molecule has 1 amide bonds. The number of hydrogen-bond donors (Lipinski definition) is 0. The number of benzene rings is 1. The zero-order chi connectivity index (χ0) is 14.8. The van der Waals surface area contributed by atoms with Crippen LogP contribution in [0, 0.1) is 0 Å². The second-order valence-electron chi connectivity index (χ2n) is 5.26. The van der Waals surface area contributed by atoms with E-state index in [-0.39, 0.29) is 11.7 Å². The fraction of sp³-hybridized carbons (Fsp3) is 0.375. The number of rotatable bonds is 3. The van der Waals surface area contributed by atoms with Crippen LogP contribution in [0.4, 0.5) is 0 Å². The van der Waals surface area contributed by atoms with Crippen LogP contribution in [0.25, 0.3) is 10.9 Å². The standard InChI is InChI=1S/C16H18N2O3/c1-21-15-4-2-3-14-13(15)7-10-18(14)11-16(20)17-8-5-12(19)6-9-17/h2-4,7,10H,5-6,8-9,11H2,1H3. The monoisotopic (exact) mass is 286 g/mol. The van der Waals surface area contributed by atoms with Crippen molar-refractivity contribution in [3.05, 3.63) is 30.5 Å². The fourth-order valence-corrected chi connectivity index (χ4v) is 2.76. The molecule has 2 heterocycles. The number of likely N-dealkylation sites (tertiary alicyclic amines) is 1. The van der Waals surface area contributed by atoms with Gasteiger partial charge in [0.25, 0.3) is 0 Å². The number of nitrogens with zero attached hydrogens (tertiary/aromatic N) is 2. The summed E-state index contributed by atoms with van der Waals surface area (Å²) in [6.45, 7) is 1.38. The molecular weight excluding hydrogens is 268 g/mol. The zero-order valence-electron chi connectivity index (χ0n) is 12.0. The second kappa shape index (κ2) is 5.60. The van der Waals surface area contributed by atoms with Gasteiger partial charge in [-0.2, -0.15) is 0 Å². The highest BCUT2D eigenvalue weighted by Crippen LogP contribution is 2.26. The molecule has 0 spiro atoms. The maximum atomic E-state index is 12.3. The lowest BCUT2D eigenvalue weighted by atomic mass is 10.1. The molecule has 0 saturated carbocycles. The number of Topliss-reactive ketones (excluding diaryl/α,β-unsaturated/α-hetero) is 1. The molecule has 0 bridgehead atoms. The molecule has 1 fully saturated rings. The van der Waals surface area contributed by atoms with E-state index < -0.39 is 0 Å². The topological polar surface area (TPSA) is 51.5 Å². The van der Waals surface area contributed by atoms with E-state index in [2.05, 4.69) is 0 Å². The fourth-order valence-electron chi connectivity index (χ4n) is 2.76. The van der Waals surface area contributed by atoms with Crippen LogP contribution in [-0.4, -0.2) is 41.4 Å². The van der Waals surface area contributed by atoms with E-state index in [9.17, 15) is 9.59 Å². The van der Waals surface area contributed by atoms with Crippen LogP contribution in [0.2, 0.25) is 0 Å². The number of ether oxygens (including phenoxy) is 1. The van der Waals surface area contributed by atoms with Crippen molar-refractivity contribution < 1.29 is 14.3 Å². The van der Waals surface area contributed by atoms with Crippen molar-refractivity contribution in [3.8, 4) is 5.75 Å². The minimum absolute atomic E-state index is 0.0582. The maximum absolute atomic E-state index is 12.3. The third-order valence-electron chi connectivity index (χ3n) is 3.97. The molecule has 1 aromatic carbocycles. The van der Waals surface area contributed by atoms with Crippen LogP contribution >= 0.6 is 0 Å². The average molecular weight is 286 g/mol. The Labute approximate surface area is 123 Å². The molecule has 0 unspecified atom stereocenters. The quantitative estimate of drug-likeness (QED) is 0.865. The van der Waals surface area contributed by atoms with E-state index in [0.717, 1.165) is 16.7 Å². The predicted octanol–water partition coefficient (Wildman–Crippen LogP) is 1.84. The molecular formula is C16H18N2O3. The summed E-state index contributed by atoms with van der Waals surface area (Å²) in [6.07, 6.45) is 2.86. The Hall–Kier alpha value is -2.30. The van der Waals surface area contributed by atoms with Gasteiger partial charge in [-0.25, -0.2) is 0 Å². The summed E-state index contributed by atoms with van der Waals surface area (Å²) < 4.78 is 7.25. The van der Waals surface area contributed by atoms with Gasteiger partial charge in [0.2, 0.25) is 5.91 Å². The Morgan fingerprint density at radius 2 is 2.00 bits per heavy atom. The summed E-state index contributed by atoms with van der Waals surface area (Å²) in [4.78, 5) is 25.3. The molecule has 5 nitrogen and oxygen atoms in total. The van der Waals surface area contributed by atoms with Crippen molar-refractivity contribution in [2.24, 2.45) is 0 Å². The summed E-state index contributed by atoms with van der Waals surface area (Å²) in [5, 5.41) is 1.00. The van der Waals surface area contributed by atoms with Gasteiger partial charge in [0, 0.05) is 37.5 Å². The highest BCUT2D eigenvalue weighted by molar-refractivity contribution is 5.88. The minimum atomic E-state index is 0.0582. The van der Waals surface area contributed by atoms with Gasteiger partial charge in [-0.1, -0.05) is 6.07 Å². The number of fused-ring (bicyclic) bond motifs is 1. The average Bonchev–Trinajstić information content (AvgIpc) is 2.91. The molecule has 0 N–H and O–H groups in total. The molecule has 1 aliphatic rings. The molecule has 3 rings (SSSR count). The summed E-state index contributed by atoms with van der Waals surface area (Å²) in [7, 11) is 1.64. The number of carbonyl (C=O) groups excluding carboxylic acids is 2. The maximum Gasteiger partial charge on any atom is 0.242 e. The number of carbonyl (C=O) groups is 2. The molecule has 0 aliphatic carbocycles. The van der Waals surface area contributed by atoms with Crippen LogP contribution in [0.1, 0.15) is 12.8 Å². The van der Waals surface area contributed by atoms with Crippen molar-refractivity contribution in [1.82, 2.24) is 9.47 Å². The molecule has 1 aromatic heterocycles. The first kappa shape index (κ1) is 13.7. The number of ketones is 1. The Balaban J connectivity index is 1.79. The highest BCUT2D eigenvalue weighted by atomic mass is 16.5. The molecule has 5 heteroatoms. The lowest BCUT2D eigenvalue weighted by molar-refractivity contribution is -0.135. The van der Waals surface area contributed by atoms with Crippen LogP contribution in [-0.2, 0) is 16.1 Å². The van der Waals surface area contributed by atoms with Gasteiger partial charge >= 0.3 is 0 Å². The second-order valence-corrected chi connectivity index (χ2v) is 5.26. The van der Waals surface area contributed by atoms with E-state index in [1.54, 1.807) is 12.0 Å². The lowest BCUT2D eigenvalue weighted by Crippen LogP contribution is -2.40. The molecule has 0 atom stereocenters. The summed E-state index contributed by atoms with van der Waals surface area (Å²) >= 11 is 0. The number of aromatic nitrogens is 1. The van der Waals surface area contributed by atoms with Gasteiger partial charge in [0.05, 0.1) is 12.6 Å². The van der Waals surface area contributed by atoms with E-state index in [1.807, 2.05) is 35.0 Å². The van der Waals surface area contributed by atoms with Crippen molar-refractivity contribution in [3.63, 3.8) is 0 Å². The van der Waals surface area contributed by atoms with Gasteiger partial charge in [-0.05, 0) is 18.2 Å². The van der Waals surface area contributed by atoms with Crippen molar-refractivity contribution in [2.45, 2.75) is 19.4 Å². The van der Waals surface area contributed by atoms with Gasteiger partial charge < -0.3 is 14.2 Å². The first-order valence-corrected chi connectivity index (χ1v) is 7.10. The number of hydrogen-bond acceptors (Lipinski definition) is 3. The Kier molecular flexibility index (Phi) is 3.64. The van der Waals surface area contributed by atoms with Gasteiger partial charge in [-0.3, -0.25) is 9.59 Å². The van der Waals surface area contributed by atoms with Gasteiger partial charge in [-0.15, -0.1) is 0 Å². The first-order chi connectivity index (χ1) is 10.2. The normalized spacial score (nSPS) is 15.5. The summed E-state index contributed by atoms with van der Waals surface area (Å²) in [5.41, 5.74) is 0.982. The molecule has 21 heavy (non-hydrogen) atoms. The van der Waals surface area contributed by atoms with Crippen molar-refractivity contribution >= 4 is 22.6 Å². The van der Waals surface area contributed by atoms with E-state index >= 15 is 0 Å². The number of piperidine rings is 1.